The highest BCUT2D eigenvalue weighted by atomic mass is 79.9. The van der Waals surface area contributed by atoms with Gasteiger partial charge < -0.3 is 19.8 Å². The highest BCUT2D eigenvalue weighted by molar-refractivity contribution is 9.09. The topological polar surface area (TPSA) is 81.2 Å². The van der Waals surface area contributed by atoms with Crippen LogP contribution in [0.25, 0.3) is 0 Å². The molecule has 3 saturated heterocycles. The molecule has 3 aromatic carbocycles. The Bertz CT molecular complexity index is 1640. The molecule has 1 N–H and O–H groups in total. The number of likely N-dealkylation sites (tertiary alicyclic amines) is 1. The fourth-order valence-corrected chi connectivity index (χ4v) is 11.3. The molecule has 1 spiro atoms. The molecule has 3 heterocycles. The van der Waals surface area contributed by atoms with Gasteiger partial charge in [0.05, 0.1) is 39.9 Å². The van der Waals surface area contributed by atoms with E-state index in [4.69, 9.17) is 11.6 Å². The van der Waals surface area contributed by atoms with Crippen molar-refractivity contribution in [1.29, 1.82) is 0 Å². The van der Waals surface area contributed by atoms with Crippen LogP contribution in [0.5, 0.6) is 0 Å². The van der Waals surface area contributed by atoms with Crippen LogP contribution >= 0.6 is 39.3 Å². The molecule has 46 heavy (non-hydrogen) atoms. The maximum atomic E-state index is 15.1. The lowest BCUT2D eigenvalue weighted by molar-refractivity contribution is -0.142. The van der Waals surface area contributed by atoms with Crippen molar-refractivity contribution < 1.29 is 19.5 Å². The summed E-state index contributed by atoms with van der Waals surface area (Å²) in [7, 11) is 0. The summed E-state index contributed by atoms with van der Waals surface area (Å²) >= 11 is 12.1. The standard InChI is InChI=1S/C36H35BrClN3O4S/c1-3-19-39(24-15-9-6-10-16-24)33(43)29-30-34(44)41(28(22-42)23-13-7-5-8-14-23)32(36(30)21-25(37)31(29)46-36)35(45)40(20-4-2)27-18-12-11-17-26(27)38/h3-18,25,28-32,42H,1-2,19-22H2/t25?,28-,29+,30+,31+,32?,36?/m1/s1. The molecular formula is C36H35BrClN3O4S. The Labute approximate surface area is 287 Å². The van der Waals surface area contributed by atoms with Crippen LogP contribution in [-0.2, 0) is 14.4 Å². The number of hydrogen-bond acceptors (Lipinski definition) is 5. The third-order valence-corrected chi connectivity index (χ3v) is 12.8. The Morgan fingerprint density at radius 1 is 0.978 bits per heavy atom. The lowest BCUT2D eigenvalue weighted by atomic mass is 9.70. The number of hydrogen-bond donors (Lipinski definition) is 1. The summed E-state index contributed by atoms with van der Waals surface area (Å²) in [6.45, 7) is 7.81. The van der Waals surface area contributed by atoms with Gasteiger partial charge in [-0.05, 0) is 36.2 Å². The van der Waals surface area contributed by atoms with Crippen molar-refractivity contribution >= 4 is 68.4 Å². The Balaban J connectivity index is 1.51. The molecule has 2 bridgehead atoms. The average Bonchev–Trinajstić information content (AvgIpc) is 3.67. The smallest absolute Gasteiger partial charge is 0.251 e. The summed E-state index contributed by atoms with van der Waals surface area (Å²) in [5, 5.41) is 11.0. The number of carbonyl (C=O) groups excluding carboxylic acids is 3. The summed E-state index contributed by atoms with van der Waals surface area (Å²) in [6, 6.07) is 23.9. The van der Waals surface area contributed by atoms with Gasteiger partial charge in [0.15, 0.2) is 0 Å². The summed E-state index contributed by atoms with van der Waals surface area (Å²) in [6.07, 6.45) is 3.80. The molecule has 7 nitrogen and oxygen atoms in total. The molecule has 0 radical (unpaired) electrons. The second kappa shape index (κ2) is 13.4. The number of aliphatic hydroxyl groups excluding tert-OH is 1. The number of nitrogens with zero attached hydrogens (tertiary/aromatic N) is 3. The zero-order valence-corrected chi connectivity index (χ0v) is 28.3. The molecule has 10 heteroatoms. The monoisotopic (exact) mass is 719 g/mol. The minimum absolute atomic E-state index is 0.121. The second-order valence-electron chi connectivity index (χ2n) is 11.8. The van der Waals surface area contributed by atoms with Gasteiger partial charge >= 0.3 is 0 Å². The number of thioether (sulfide) groups is 1. The van der Waals surface area contributed by atoms with Crippen LogP contribution in [0.15, 0.2) is 110 Å². The van der Waals surface area contributed by atoms with Crippen molar-refractivity contribution in [3.8, 4) is 0 Å². The minimum Gasteiger partial charge on any atom is -0.394 e. The van der Waals surface area contributed by atoms with Crippen molar-refractivity contribution in [2.75, 3.05) is 29.5 Å². The SMILES string of the molecule is C=CCN(C(=O)[C@H]1[C@H]2C(=O)N([C@H](CO)c3ccccc3)C(C(=O)N(CC=C)c3ccccc3Cl)C23CC(Br)[C@@H]1S3)c1ccccc1. The molecule has 0 aromatic heterocycles. The minimum atomic E-state index is -0.990. The molecule has 7 atom stereocenters. The van der Waals surface area contributed by atoms with Gasteiger partial charge in [0, 0.05) is 28.9 Å². The highest BCUT2D eigenvalue weighted by Gasteiger charge is 2.76. The first-order valence-electron chi connectivity index (χ1n) is 15.2. The van der Waals surface area contributed by atoms with Crippen LogP contribution in [0.1, 0.15) is 18.0 Å². The normalized spacial score (nSPS) is 26.8. The predicted molar refractivity (Wildman–Crippen MR) is 188 cm³/mol. The van der Waals surface area contributed by atoms with Gasteiger partial charge in [-0.2, -0.15) is 0 Å². The largest absolute Gasteiger partial charge is 0.394 e. The lowest BCUT2D eigenvalue weighted by Crippen LogP contribution is -2.56. The second-order valence-corrected chi connectivity index (χ2v) is 14.9. The fraction of sp³-hybridized carbons (Fsp3) is 0.306. The number of carbonyl (C=O) groups is 3. The van der Waals surface area contributed by atoms with E-state index >= 15 is 4.79 Å². The third-order valence-electron chi connectivity index (χ3n) is 9.31. The molecule has 3 unspecified atom stereocenters. The molecule has 3 aliphatic heterocycles. The first-order chi connectivity index (χ1) is 22.3. The van der Waals surface area contributed by atoms with Crippen LogP contribution in [-0.4, -0.2) is 68.3 Å². The maximum absolute atomic E-state index is 15.1. The van der Waals surface area contributed by atoms with E-state index in [-0.39, 0.29) is 40.9 Å². The Kier molecular flexibility index (Phi) is 9.48. The maximum Gasteiger partial charge on any atom is 0.251 e. The van der Waals surface area contributed by atoms with Gasteiger partial charge in [-0.1, -0.05) is 100 Å². The van der Waals surface area contributed by atoms with Crippen molar-refractivity contribution in [2.45, 2.75) is 33.3 Å². The Hall–Kier alpha value is -3.37. The van der Waals surface area contributed by atoms with E-state index in [0.717, 1.165) is 0 Å². The van der Waals surface area contributed by atoms with Crippen molar-refractivity contribution in [1.82, 2.24) is 4.90 Å². The molecular weight excluding hydrogens is 686 g/mol. The average molecular weight is 721 g/mol. The summed E-state index contributed by atoms with van der Waals surface area (Å²) in [5.74, 6) is -2.32. The summed E-state index contributed by atoms with van der Waals surface area (Å²) < 4.78 is -0.938. The Morgan fingerprint density at radius 2 is 1.59 bits per heavy atom. The van der Waals surface area contributed by atoms with Crippen LogP contribution in [0.2, 0.25) is 5.02 Å². The van der Waals surface area contributed by atoms with Crippen LogP contribution in [0.4, 0.5) is 11.4 Å². The Morgan fingerprint density at radius 3 is 2.22 bits per heavy atom. The van der Waals surface area contributed by atoms with Gasteiger partial charge in [0.2, 0.25) is 11.8 Å². The highest BCUT2D eigenvalue weighted by Crippen LogP contribution is 2.69. The van der Waals surface area contributed by atoms with Gasteiger partial charge in [-0.3, -0.25) is 14.4 Å². The number of anilines is 2. The zero-order valence-electron chi connectivity index (χ0n) is 25.1. The predicted octanol–water partition coefficient (Wildman–Crippen LogP) is 6.28. The number of amides is 3. The number of halogens is 2. The number of alkyl halides is 1. The van der Waals surface area contributed by atoms with E-state index in [0.29, 0.717) is 28.4 Å². The summed E-state index contributed by atoms with van der Waals surface area (Å²) in [4.78, 5) is 49.4. The van der Waals surface area contributed by atoms with Gasteiger partial charge in [-0.15, -0.1) is 24.9 Å². The molecule has 0 saturated carbocycles. The molecule has 3 fully saturated rings. The number of para-hydroxylation sites is 2. The molecule has 3 amide bonds. The van der Waals surface area contributed by atoms with E-state index in [2.05, 4.69) is 29.1 Å². The van der Waals surface area contributed by atoms with Gasteiger partial charge in [0.25, 0.3) is 5.91 Å². The zero-order chi connectivity index (χ0) is 32.6. The van der Waals surface area contributed by atoms with Crippen LogP contribution < -0.4 is 9.80 Å². The lowest BCUT2D eigenvalue weighted by Gasteiger charge is -2.40. The van der Waals surface area contributed by atoms with Crippen molar-refractivity contribution in [3.05, 3.63) is 121 Å². The van der Waals surface area contributed by atoms with E-state index in [1.165, 1.54) is 0 Å². The number of benzene rings is 3. The summed E-state index contributed by atoms with van der Waals surface area (Å²) in [5.41, 5.74) is 1.92. The number of aliphatic hydroxyl groups is 1. The number of rotatable bonds is 11. The fourth-order valence-electron chi connectivity index (χ4n) is 7.49. The molecule has 238 valence electrons. The van der Waals surface area contributed by atoms with E-state index < -0.39 is 35.3 Å². The quantitative estimate of drug-likeness (QED) is 0.187. The van der Waals surface area contributed by atoms with Crippen molar-refractivity contribution in [2.24, 2.45) is 11.8 Å². The van der Waals surface area contributed by atoms with Gasteiger partial charge in [-0.25, -0.2) is 0 Å². The van der Waals surface area contributed by atoms with Gasteiger partial charge in [0.1, 0.15) is 6.04 Å². The van der Waals surface area contributed by atoms with Crippen LogP contribution in [0, 0.1) is 11.8 Å². The molecule has 3 aromatic rings. The van der Waals surface area contributed by atoms with Crippen LogP contribution in [0.3, 0.4) is 0 Å². The van der Waals surface area contributed by atoms with E-state index in [1.54, 1.807) is 62.9 Å². The first-order valence-corrected chi connectivity index (χ1v) is 17.4. The molecule has 3 aliphatic rings. The van der Waals surface area contributed by atoms with E-state index in [9.17, 15) is 14.7 Å². The number of fused-ring (bicyclic) bond motifs is 1. The molecule has 6 rings (SSSR count). The van der Waals surface area contributed by atoms with E-state index in [1.807, 2.05) is 60.7 Å². The third kappa shape index (κ3) is 5.31. The van der Waals surface area contributed by atoms with Crippen molar-refractivity contribution in [3.63, 3.8) is 0 Å². The first kappa shape index (κ1) is 32.6. The molecule has 0 aliphatic carbocycles.